The average molecular weight is 403 g/mol. The molecule has 2 aromatic rings. The highest BCUT2D eigenvalue weighted by molar-refractivity contribution is 6.40. The summed E-state index contributed by atoms with van der Waals surface area (Å²) in [7, 11) is 1.51. The van der Waals surface area contributed by atoms with Crippen LogP contribution in [0.5, 0.6) is 5.88 Å². The Balaban J connectivity index is 1.44. The summed E-state index contributed by atoms with van der Waals surface area (Å²) >= 11 is 0. The molecular formula is C21H20F3N3O2. The number of rotatable bonds is 3. The van der Waals surface area contributed by atoms with Crippen molar-refractivity contribution in [1.82, 2.24) is 9.88 Å². The molecule has 0 bridgehead atoms. The number of hydrogen-bond acceptors (Lipinski definition) is 4. The molecule has 4 rings (SSSR count). The van der Waals surface area contributed by atoms with E-state index in [1.54, 1.807) is 23.1 Å². The van der Waals surface area contributed by atoms with Crippen molar-refractivity contribution in [3.05, 3.63) is 53.1 Å². The van der Waals surface area contributed by atoms with E-state index >= 15 is 0 Å². The van der Waals surface area contributed by atoms with Gasteiger partial charge in [0.05, 0.1) is 12.7 Å². The van der Waals surface area contributed by atoms with Crippen LogP contribution >= 0.6 is 0 Å². The van der Waals surface area contributed by atoms with Crippen molar-refractivity contribution < 1.29 is 22.7 Å². The van der Waals surface area contributed by atoms with Gasteiger partial charge in [0.25, 0.3) is 5.91 Å². The highest BCUT2D eigenvalue weighted by Gasteiger charge is 2.36. The van der Waals surface area contributed by atoms with Gasteiger partial charge in [-0.15, -0.1) is 0 Å². The van der Waals surface area contributed by atoms with Crippen molar-refractivity contribution in [2.45, 2.75) is 31.4 Å². The van der Waals surface area contributed by atoms with Gasteiger partial charge in [-0.3, -0.25) is 4.79 Å². The van der Waals surface area contributed by atoms with Crippen molar-refractivity contribution in [3.8, 4) is 5.88 Å². The van der Waals surface area contributed by atoms with Gasteiger partial charge in [0.1, 0.15) is 5.71 Å². The smallest absolute Gasteiger partial charge is 0.416 e. The summed E-state index contributed by atoms with van der Waals surface area (Å²) in [6, 6.07) is 9.27. The molecule has 8 heteroatoms. The number of aliphatic imine (C=N–C) groups is 1. The molecule has 0 atom stereocenters. The highest BCUT2D eigenvalue weighted by atomic mass is 19.4. The molecule has 3 heterocycles. The van der Waals surface area contributed by atoms with E-state index in [0.29, 0.717) is 55.3 Å². The molecular weight excluding hydrogens is 383 g/mol. The van der Waals surface area contributed by atoms with E-state index in [1.165, 1.54) is 13.2 Å². The maximum atomic E-state index is 13.3. The average Bonchev–Trinajstić information content (AvgIpc) is 3.16. The summed E-state index contributed by atoms with van der Waals surface area (Å²) in [5, 5.41) is 0. The second-order valence-electron chi connectivity index (χ2n) is 7.22. The Morgan fingerprint density at radius 3 is 2.55 bits per heavy atom. The highest BCUT2D eigenvalue weighted by Crippen LogP contribution is 2.38. The van der Waals surface area contributed by atoms with Crippen molar-refractivity contribution in [2.75, 3.05) is 20.2 Å². The number of hydrogen-bond donors (Lipinski definition) is 0. The molecule has 1 fully saturated rings. The number of methoxy groups -OCH3 is 1. The second kappa shape index (κ2) is 7.50. The summed E-state index contributed by atoms with van der Waals surface area (Å²) in [5.74, 6) is 0.530. The van der Waals surface area contributed by atoms with Crippen LogP contribution in [0, 0.1) is 0 Å². The van der Waals surface area contributed by atoms with Crippen LogP contribution in [0.2, 0.25) is 0 Å². The van der Waals surface area contributed by atoms with E-state index in [4.69, 9.17) is 4.74 Å². The molecule has 2 aliphatic heterocycles. The van der Waals surface area contributed by atoms with Crippen LogP contribution < -0.4 is 4.74 Å². The van der Waals surface area contributed by atoms with Crippen LogP contribution in [0.15, 0.2) is 41.4 Å². The fourth-order valence-electron chi connectivity index (χ4n) is 3.97. The molecule has 0 spiro atoms. The third-order valence-corrected chi connectivity index (χ3v) is 5.47. The first-order valence-electron chi connectivity index (χ1n) is 9.43. The van der Waals surface area contributed by atoms with Crippen molar-refractivity contribution >= 4 is 17.4 Å². The van der Waals surface area contributed by atoms with E-state index in [0.717, 1.165) is 11.6 Å². The number of amides is 1. The topological polar surface area (TPSA) is 54.8 Å². The first-order valence-corrected chi connectivity index (χ1v) is 9.43. The molecule has 0 unspecified atom stereocenters. The Labute approximate surface area is 166 Å². The number of fused-ring (bicyclic) bond motifs is 1. The zero-order valence-electron chi connectivity index (χ0n) is 15.9. The third kappa shape index (κ3) is 3.83. The van der Waals surface area contributed by atoms with Crippen molar-refractivity contribution in [2.24, 2.45) is 4.99 Å². The van der Waals surface area contributed by atoms with Gasteiger partial charge in [0.15, 0.2) is 5.82 Å². The Kier molecular flexibility index (Phi) is 5.02. The summed E-state index contributed by atoms with van der Waals surface area (Å²) in [6.45, 7) is 0.809. The lowest BCUT2D eigenvalue weighted by molar-refractivity contribution is -0.138. The zero-order valence-corrected chi connectivity index (χ0v) is 15.9. The lowest BCUT2D eigenvalue weighted by atomic mass is 9.86. The number of carbonyl (C=O) groups excluding carboxylic acids is 1. The fraction of sp³-hybridized carbons (Fsp3) is 0.381. The van der Waals surface area contributed by atoms with Gasteiger partial charge in [-0.25, -0.2) is 4.99 Å². The molecule has 1 aromatic heterocycles. The van der Waals surface area contributed by atoms with Gasteiger partial charge in [-0.2, -0.15) is 18.2 Å². The molecule has 0 aliphatic carbocycles. The Morgan fingerprint density at radius 1 is 1.14 bits per heavy atom. The number of nitrogens with zero attached hydrogens (tertiary/aromatic N) is 3. The molecule has 0 N–H and O–H groups in total. The van der Waals surface area contributed by atoms with Crippen LogP contribution in [-0.4, -0.2) is 41.7 Å². The number of alkyl halides is 3. The summed E-state index contributed by atoms with van der Waals surface area (Å²) < 4.78 is 45.0. The predicted octanol–water partition coefficient (Wildman–Crippen LogP) is 4.14. The first-order chi connectivity index (χ1) is 13.9. The van der Waals surface area contributed by atoms with Gasteiger partial charge < -0.3 is 9.64 Å². The minimum atomic E-state index is -4.37. The number of carbonyl (C=O) groups is 1. The normalized spacial score (nSPS) is 17.1. The standard InChI is InChI=1S/C21H20F3N3O2/c1-29-18-7-6-14-12-17(25-19(14)26-18)20(28)27-10-8-13(9-11-27)15-4-2-3-5-16(15)21(22,23)24/h2-7,13H,8-12H2,1H3. The van der Waals surface area contributed by atoms with Gasteiger partial charge >= 0.3 is 6.18 Å². The SMILES string of the molecule is COc1ccc2c(n1)N=C(C(=O)N1CCC(c3ccccc3C(F)(F)F)CC1)C2. The second-order valence-corrected chi connectivity index (χ2v) is 7.22. The van der Waals surface area contributed by atoms with Crippen molar-refractivity contribution in [3.63, 3.8) is 0 Å². The van der Waals surface area contributed by atoms with E-state index in [1.807, 2.05) is 6.07 Å². The fourth-order valence-corrected chi connectivity index (χ4v) is 3.97. The number of piperidine rings is 1. The summed E-state index contributed by atoms with van der Waals surface area (Å²) in [6.07, 6.45) is -2.99. The van der Waals surface area contributed by atoms with E-state index in [9.17, 15) is 18.0 Å². The maximum absolute atomic E-state index is 13.3. The Morgan fingerprint density at radius 2 is 1.86 bits per heavy atom. The Hall–Kier alpha value is -2.90. The number of likely N-dealkylation sites (tertiary alicyclic amines) is 1. The van der Waals surface area contributed by atoms with Crippen LogP contribution in [0.3, 0.4) is 0 Å². The van der Waals surface area contributed by atoms with E-state index in [2.05, 4.69) is 9.98 Å². The quantitative estimate of drug-likeness (QED) is 0.774. The molecule has 152 valence electrons. The van der Waals surface area contributed by atoms with Gasteiger partial charge in [-0.05, 0) is 36.5 Å². The number of halogens is 3. The van der Waals surface area contributed by atoms with Gasteiger partial charge in [0.2, 0.25) is 5.88 Å². The molecule has 2 aliphatic rings. The van der Waals surface area contributed by atoms with Crippen molar-refractivity contribution in [1.29, 1.82) is 0 Å². The molecule has 0 radical (unpaired) electrons. The van der Waals surface area contributed by atoms with Crippen LogP contribution in [0.4, 0.5) is 19.0 Å². The number of ether oxygens (including phenoxy) is 1. The molecule has 1 saturated heterocycles. The number of aromatic nitrogens is 1. The summed E-state index contributed by atoms with van der Waals surface area (Å²) in [4.78, 5) is 23.1. The van der Waals surface area contributed by atoms with Crippen LogP contribution in [0.1, 0.15) is 35.4 Å². The molecule has 5 nitrogen and oxygen atoms in total. The molecule has 0 saturated carbocycles. The Bertz CT molecular complexity index is 964. The summed E-state index contributed by atoms with van der Waals surface area (Å²) in [5.41, 5.74) is 1.01. The largest absolute Gasteiger partial charge is 0.481 e. The zero-order chi connectivity index (χ0) is 20.6. The third-order valence-electron chi connectivity index (χ3n) is 5.47. The van der Waals surface area contributed by atoms with Crippen LogP contribution in [0.25, 0.3) is 0 Å². The monoisotopic (exact) mass is 403 g/mol. The predicted molar refractivity (Wildman–Crippen MR) is 102 cm³/mol. The number of pyridine rings is 1. The van der Waals surface area contributed by atoms with Gasteiger partial charge in [-0.1, -0.05) is 18.2 Å². The lowest BCUT2D eigenvalue weighted by Gasteiger charge is -2.33. The van der Waals surface area contributed by atoms with Gasteiger partial charge in [0, 0.05) is 31.1 Å². The minimum Gasteiger partial charge on any atom is -0.481 e. The van der Waals surface area contributed by atoms with E-state index in [-0.39, 0.29) is 11.8 Å². The lowest BCUT2D eigenvalue weighted by Crippen LogP contribution is -2.42. The molecule has 1 aromatic carbocycles. The molecule has 1 amide bonds. The van der Waals surface area contributed by atoms with E-state index < -0.39 is 11.7 Å². The number of benzene rings is 1. The first kappa shape index (κ1) is 19.4. The minimum absolute atomic E-state index is 0.176. The molecule has 29 heavy (non-hydrogen) atoms. The maximum Gasteiger partial charge on any atom is 0.416 e. The van der Waals surface area contributed by atoms with Crippen LogP contribution in [-0.2, 0) is 17.4 Å².